The van der Waals surface area contributed by atoms with Crippen molar-refractivity contribution in [3.8, 4) is 6.07 Å². The van der Waals surface area contributed by atoms with Crippen molar-refractivity contribution in [3.63, 3.8) is 0 Å². The van der Waals surface area contributed by atoms with E-state index in [9.17, 15) is 18.9 Å². The van der Waals surface area contributed by atoms with Crippen LogP contribution in [0.4, 0.5) is 14.5 Å². The van der Waals surface area contributed by atoms with Gasteiger partial charge in [0.1, 0.15) is 21.5 Å². The largest absolute Gasteiger partial charge is 0.305 e. The van der Waals surface area contributed by atoms with Gasteiger partial charge < -0.3 is 0 Å². The van der Waals surface area contributed by atoms with Gasteiger partial charge in [0.05, 0.1) is 10.5 Å². The van der Waals surface area contributed by atoms with Gasteiger partial charge in [-0.2, -0.15) is 5.26 Å². The van der Waals surface area contributed by atoms with E-state index in [-0.39, 0.29) is 3.70 Å². The molecule has 0 fully saturated rings. The molecule has 0 aliphatic rings. The van der Waals surface area contributed by atoms with Crippen molar-refractivity contribution in [1.29, 1.82) is 5.26 Å². The third-order valence-corrected chi connectivity index (χ3v) is 2.43. The molecular formula is C7H2F2IN3O2. The standard InChI is InChI=1S/C7H2F2IN3O2/c8-6(9)5-3(1-11)4(13(14)15)2-12-7(5)10/h2,6H. The quantitative estimate of drug-likeness (QED) is 0.362. The molecule has 15 heavy (non-hydrogen) atoms. The van der Waals surface area contributed by atoms with Crippen LogP contribution >= 0.6 is 22.6 Å². The van der Waals surface area contributed by atoms with Gasteiger partial charge >= 0.3 is 5.69 Å². The van der Waals surface area contributed by atoms with Crippen LogP contribution in [-0.4, -0.2) is 9.91 Å². The minimum atomic E-state index is -2.96. The van der Waals surface area contributed by atoms with Gasteiger partial charge in [-0.3, -0.25) is 10.1 Å². The molecule has 0 radical (unpaired) electrons. The lowest BCUT2D eigenvalue weighted by molar-refractivity contribution is -0.385. The fourth-order valence-electron chi connectivity index (χ4n) is 0.948. The minimum Gasteiger partial charge on any atom is -0.258 e. The Kier molecular flexibility index (Phi) is 3.46. The summed E-state index contributed by atoms with van der Waals surface area (Å²) in [4.78, 5) is 13.0. The van der Waals surface area contributed by atoms with Gasteiger partial charge in [0.2, 0.25) is 0 Å². The van der Waals surface area contributed by atoms with Crippen molar-refractivity contribution in [1.82, 2.24) is 4.98 Å². The van der Waals surface area contributed by atoms with Crippen LogP contribution in [-0.2, 0) is 0 Å². The summed E-state index contributed by atoms with van der Waals surface area (Å²) in [6, 6.07) is 1.40. The number of pyridine rings is 1. The number of nitriles is 1. The number of alkyl halides is 2. The Hall–Kier alpha value is -1.37. The first-order valence-corrected chi connectivity index (χ1v) is 4.58. The monoisotopic (exact) mass is 325 g/mol. The van der Waals surface area contributed by atoms with Crippen molar-refractivity contribution in [3.05, 3.63) is 31.1 Å². The van der Waals surface area contributed by atoms with Crippen molar-refractivity contribution in [2.75, 3.05) is 0 Å². The molecule has 0 aliphatic carbocycles. The Morgan fingerprint density at radius 2 is 2.27 bits per heavy atom. The molecule has 0 aromatic carbocycles. The SMILES string of the molecule is N#Cc1c([N+](=O)[O-])cnc(I)c1C(F)F. The molecule has 8 heteroatoms. The molecule has 1 rings (SSSR count). The summed E-state index contributed by atoms with van der Waals surface area (Å²) in [6.07, 6.45) is -2.16. The third kappa shape index (κ3) is 2.17. The van der Waals surface area contributed by atoms with E-state index >= 15 is 0 Å². The first kappa shape index (κ1) is 11.7. The lowest BCUT2D eigenvalue weighted by Crippen LogP contribution is -2.02. The normalized spacial score (nSPS) is 10.1. The highest BCUT2D eigenvalue weighted by Gasteiger charge is 2.26. The van der Waals surface area contributed by atoms with Gasteiger partial charge in [0.25, 0.3) is 6.43 Å². The molecule has 0 unspecified atom stereocenters. The second-order valence-corrected chi connectivity index (χ2v) is 3.41. The zero-order valence-electron chi connectivity index (χ0n) is 6.95. The van der Waals surface area contributed by atoms with Gasteiger partial charge in [-0.05, 0) is 22.6 Å². The molecule has 0 atom stereocenters. The predicted octanol–water partition coefficient (Wildman–Crippen LogP) is 2.40. The van der Waals surface area contributed by atoms with E-state index in [4.69, 9.17) is 5.26 Å². The average Bonchev–Trinajstić information content (AvgIpc) is 2.15. The van der Waals surface area contributed by atoms with Crippen LogP contribution in [0.3, 0.4) is 0 Å². The zero-order valence-corrected chi connectivity index (χ0v) is 9.10. The molecule has 0 N–H and O–H groups in total. The second-order valence-electron chi connectivity index (χ2n) is 2.39. The van der Waals surface area contributed by atoms with Crippen LogP contribution < -0.4 is 0 Å². The average molecular weight is 325 g/mol. The maximum atomic E-state index is 12.5. The lowest BCUT2D eigenvalue weighted by atomic mass is 10.1. The van der Waals surface area contributed by atoms with Crippen LogP contribution in [0, 0.1) is 25.1 Å². The maximum absolute atomic E-state index is 12.5. The van der Waals surface area contributed by atoms with Gasteiger partial charge in [0.15, 0.2) is 0 Å². The van der Waals surface area contributed by atoms with E-state index < -0.39 is 28.2 Å². The van der Waals surface area contributed by atoms with E-state index in [0.29, 0.717) is 0 Å². The first-order valence-electron chi connectivity index (χ1n) is 3.50. The fourth-order valence-corrected chi connectivity index (χ4v) is 1.59. The molecular weight excluding hydrogens is 323 g/mol. The van der Waals surface area contributed by atoms with Crippen LogP contribution in [0.2, 0.25) is 0 Å². The summed E-state index contributed by atoms with van der Waals surface area (Å²) < 4.78 is 24.9. The summed E-state index contributed by atoms with van der Waals surface area (Å²) in [7, 11) is 0. The summed E-state index contributed by atoms with van der Waals surface area (Å²) in [5, 5.41) is 19.0. The Morgan fingerprint density at radius 1 is 1.67 bits per heavy atom. The fraction of sp³-hybridized carbons (Fsp3) is 0.143. The first-order chi connectivity index (χ1) is 6.99. The topological polar surface area (TPSA) is 79.8 Å². The molecule has 0 aliphatic heterocycles. The van der Waals surface area contributed by atoms with Gasteiger partial charge in [-0.1, -0.05) is 0 Å². The molecule has 78 valence electrons. The van der Waals surface area contributed by atoms with E-state index in [2.05, 4.69) is 4.98 Å². The number of halogens is 3. The van der Waals surface area contributed by atoms with Crippen LogP contribution in [0.5, 0.6) is 0 Å². The number of hydrogen-bond acceptors (Lipinski definition) is 4. The number of aromatic nitrogens is 1. The summed E-state index contributed by atoms with van der Waals surface area (Å²) in [5.74, 6) is 0. The molecule has 0 amide bonds. The van der Waals surface area contributed by atoms with Crippen LogP contribution in [0.1, 0.15) is 17.6 Å². The Morgan fingerprint density at radius 3 is 2.67 bits per heavy atom. The molecule has 1 aromatic rings. The highest BCUT2D eigenvalue weighted by molar-refractivity contribution is 14.1. The van der Waals surface area contributed by atoms with E-state index in [0.717, 1.165) is 6.20 Å². The van der Waals surface area contributed by atoms with Gasteiger partial charge in [-0.15, -0.1) is 0 Å². The minimum absolute atomic E-state index is 0.107. The lowest BCUT2D eigenvalue weighted by Gasteiger charge is -2.04. The number of hydrogen-bond donors (Lipinski definition) is 0. The maximum Gasteiger partial charge on any atom is 0.305 e. The highest BCUT2D eigenvalue weighted by atomic mass is 127. The van der Waals surface area contributed by atoms with Crippen molar-refractivity contribution < 1.29 is 13.7 Å². The zero-order chi connectivity index (χ0) is 11.6. The van der Waals surface area contributed by atoms with E-state index in [1.54, 1.807) is 0 Å². The van der Waals surface area contributed by atoms with E-state index in [1.807, 2.05) is 0 Å². The van der Waals surface area contributed by atoms with Crippen molar-refractivity contribution in [2.45, 2.75) is 6.43 Å². The third-order valence-electron chi connectivity index (χ3n) is 1.57. The second kappa shape index (κ2) is 4.43. The summed E-state index contributed by atoms with van der Waals surface area (Å²) in [6.45, 7) is 0. The summed E-state index contributed by atoms with van der Waals surface area (Å²) >= 11 is 1.50. The molecule has 0 saturated carbocycles. The smallest absolute Gasteiger partial charge is 0.258 e. The molecule has 0 spiro atoms. The predicted molar refractivity (Wildman–Crippen MR) is 53.3 cm³/mol. The Balaban J connectivity index is 3.56. The molecule has 0 saturated heterocycles. The van der Waals surface area contributed by atoms with Crippen molar-refractivity contribution >= 4 is 28.3 Å². The van der Waals surface area contributed by atoms with Gasteiger partial charge in [-0.25, -0.2) is 13.8 Å². The molecule has 5 nitrogen and oxygen atoms in total. The van der Waals surface area contributed by atoms with Crippen LogP contribution in [0.15, 0.2) is 6.20 Å². The number of nitrogens with zero attached hydrogens (tertiary/aromatic N) is 3. The molecule has 1 aromatic heterocycles. The van der Waals surface area contributed by atoms with Crippen LogP contribution in [0.25, 0.3) is 0 Å². The summed E-state index contributed by atoms with van der Waals surface area (Å²) in [5.41, 5.74) is -2.02. The van der Waals surface area contributed by atoms with E-state index in [1.165, 1.54) is 28.7 Å². The van der Waals surface area contributed by atoms with Crippen molar-refractivity contribution in [2.24, 2.45) is 0 Å². The number of rotatable bonds is 2. The number of nitro groups is 1. The molecule has 1 heterocycles. The Bertz CT molecular complexity index is 458. The highest BCUT2D eigenvalue weighted by Crippen LogP contribution is 2.31. The van der Waals surface area contributed by atoms with Gasteiger partial charge in [0, 0.05) is 0 Å². The molecule has 0 bridgehead atoms. The Labute approximate surface area is 96.0 Å².